The Morgan fingerprint density at radius 3 is 2.77 bits per heavy atom. The van der Waals surface area contributed by atoms with Crippen LogP contribution < -0.4 is 10.1 Å². The van der Waals surface area contributed by atoms with Crippen molar-refractivity contribution in [3.8, 4) is 17.2 Å². The maximum Gasteiger partial charge on any atom is 0.322 e. The van der Waals surface area contributed by atoms with Gasteiger partial charge in [0, 0.05) is 27.7 Å². The smallest absolute Gasteiger partial charge is 0.322 e. The normalized spacial score (nSPS) is 10.5. The molecule has 0 unspecified atom stereocenters. The van der Waals surface area contributed by atoms with E-state index in [1.807, 2.05) is 24.3 Å². The highest BCUT2D eigenvalue weighted by Crippen LogP contribution is 2.24. The van der Waals surface area contributed by atoms with E-state index in [9.17, 15) is 4.79 Å². The molecule has 1 aromatic heterocycles. The maximum absolute atomic E-state index is 12.0. The summed E-state index contributed by atoms with van der Waals surface area (Å²) in [6, 6.07) is 14.8. The zero-order valence-electron chi connectivity index (χ0n) is 13.9. The first-order valence-electron chi connectivity index (χ1n) is 7.80. The third kappa shape index (κ3) is 5.00. The fourth-order valence-electron chi connectivity index (χ4n) is 2.13. The fraction of sp³-hybridized carbons (Fsp3) is 0.167. The van der Waals surface area contributed by atoms with Gasteiger partial charge < -0.3 is 9.15 Å². The zero-order chi connectivity index (χ0) is 18.4. The number of halogens is 1. The van der Waals surface area contributed by atoms with Gasteiger partial charge in [0.1, 0.15) is 5.75 Å². The highest BCUT2D eigenvalue weighted by Gasteiger charge is 2.11. The zero-order valence-corrected chi connectivity index (χ0v) is 15.5. The number of carbonyl (C=O) groups excluding carboxylic acids is 1. The van der Waals surface area contributed by atoms with Crippen LogP contribution in [0, 0.1) is 0 Å². The topological polar surface area (TPSA) is 77.2 Å². The van der Waals surface area contributed by atoms with Gasteiger partial charge in [0.25, 0.3) is 0 Å². The summed E-state index contributed by atoms with van der Waals surface area (Å²) in [5, 5.41) is 10.9. The van der Waals surface area contributed by atoms with Crippen LogP contribution in [0.3, 0.4) is 0 Å². The predicted molar refractivity (Wildman–Crippen MR) is 102 cm³/mol. The van der Waals surface area contributed by atoms with Crippen molar-refractivity contribution in [1.29, 1.82) is 0 Å². The highest BCUT2D eigenvalue weighted by molar-refractivity contribution is 7.99. The van der Waals surface area contributed by atoms with E-state index in [-0.39, 0.29) is 11.9 Å². The van der Waals surface area contributed by atoms with Crippen LogP contribution in [-0.2, 0) is 4.79 Å². The Bertz CT molecular complexity index is 883. The van der Waals surface area contributed by atoms with Crippen LogP contribution in [0.5, 0.6) is 5.75 Å². The second kappa shape index (κ2) is 8.73. The van der Waals surface area contributed by atoms with E-state index in [1.54, 1.807) is 43.1 Å². The molecule has 134 valence electrons. The number of rotatable bonds is 7. The van der Waals surface area contributed by atoms with Gasteiger partial charge in [-0.15, -0.1) is 16.9 Å². The van der Waals surface area contributed by atoms with Gasteiger partial charge in [0.2, 0.25) is 11.8 Å². The van der Waals surface area contributed by atoms with Crippen LogP contribution in [-0.4, -0.2) is 29.0 Å². The predicted octanol–water partition coefficient (Wildman–Crippen LogP) is 4.52. The molecule has 0 bridgehead atoms. The van der Waals surface area contributed by atoms with Crippen LogP contribution >= 0.6 is 23.4 Å². The average molecular weight is 390 g/mol. The molecule has 0 radical (unpaired) electrons. The number of aromatic nitrogens is 2. The van der Waals surface area contributed by atoms with Gasteiger partial charge in [-0.05, 0) is 42.5 Å². The summed E-state index contributed by atoms with van der Waals surface area (Å²) >= 11 is 7.53. The van der Waals surface area contributed by atoms with Gasteiger partial charge in [-0.25, -0.2) is 0 Å². The van der Waals surface area contributed by atoms with Crippen molar-refractivity contribution in [2.75, 3.05) is 18.2 Å². The number of thioether (sulfide) groups is 1. The summed E-state index contributed by atoms with van der Waals surface area (Å²) in [6.07, 6.45) is 0.325. The number of anilines is 1. The SMILES string of the molecule is COc1ccc(SCCC(=O)Nc2nnc(-c3cccc(Cl)c3)o2)cc1. The molecule has 26 heavy (non-hydrogen) atoms. The minimum Gasteiger partial charge on any atom is -0.497 e. The molecule has 2 aromatic carbocycles. The standard InChI is InChI=1S/C18H16ClN3O3S/c1-24-14-5-7-15(8-6-14)26-10-9-16(23)20-18-22-21-17(25-18)12-3-2-4-13(19)11-12/h2-8,11H,9-10H2,1H3,(H,20,22,23). The molecule has 0 saturated heterocycles. The molecule has 0 fully saturated rings. The third-order valence-corrected chi connectivity index (χ3v) is 4.65. The molecule has 1 N–H and O–H groups in total. The molecule has 0 aliphatic carbocycles. The lowest BCUT2D eigenvalue weighted by Gasteiger charge is -2.03. The number of benzene rings is 2. The number of hydrogen-bond donors (Lipinski definition) is 1. The van der Waals surface area contributed by atoms with E-state index < -0.39 is 0 Å². The van der Waals surface area contributed by atoms with Crippen LogP contribution in [0.4, 0.5) is 6.01 Å². The minimum absolute atomic E-state index is 0.0689. The Morgan fingerprint density at radius 1 is 1.23 bits per heavy atom. The summed E-state index contributed by atoms with van der Waals surface area (Å²) < 4.78 is 10.6. The molecule has 6 nitrogen and oxygen atoms in total. The second-order valence-electron chi connectivity index (χ2n) is 5.24. The Labute approximate surface area is 159 Å². The summed E-state index contributed by atoms with van der Waals surface area (Å²) in [7, 11) is 1.63. The van der Waals surface area contributed by atoms with Gasteiger partial charge in [-0.1, -0.05) is 22.8 Å². The molecular weight excluding hydrogens is 374 g/mol. The van der Waals surface area contributed by atoms with Crippen LogP contribution in [0.2, 0.25) is 5.02 Å². The van der Waals surface area contributed by atoms with Gasteiger partial charge in [0.15, 0.2) is 0 Å². The largest absolute Gasteiger partial charge is 0.497 e. The molecule has 0 saturated carbocycles. The van der Waals surface area contributed by atoms with Crippen molar-refractivity contribution in [1.82, 2.24) is 10.2 Å². The Hall–Kier alpha value is -2.51. The lowest BCUT2D eigenvalue weighted by atomic mass is 10.2. The Kier molecular flexibility index (Phi) is 6.14. The molecule has 3 aromatic rings. The number of methoxy groups -OCH3 is 1. The van der Waals surface area contributed by atoms with Crippen molar-refractivity contribution < 1.29 is 13.9 Å². The van der Waals surface area contributed by atoms with Gasteiger partial charge in [-0.2, -0.15) is 0 Å². The number of amides is 1. The number of nitrogens with zero attached hydrogens (tertiary/aromatic N) is 2. The first kappa shape index (κ1) is 18.3. The molecular formula is C18H16ClN3O3S. The summed E-state index contributed by atoms with van der Waals surface area (Å²) in [5.74, 6) is 1.55. The molecule has 0 spiro atoms. The first-order valence-corrected chi connectivity index (χ1v) is 9.16. The fourth-order valence-corrected chi connectivity index (χ4v) is 3.17. The summed E-state index contributed by atoms with van der Waals surface area (Å²) in [6.45, 7) is 0. The van der Waals surface area contributed by atoms with Crippen molar-refractivity contribution >= 4 is 35.3 Å². The number of nitrogens with one attached hydrogen (secondary N) is 1. The van der Waals surface area contributed by atoms with Crippen LogP contribution in [0.1, 0.15) is 6.42 Å². The second-order valence-corrected chi connectivity index (χ2v) is 6.85. The molecule has 0 atom stereocenters. The Balaban J connectivity index is 1.49. The van der Waals surface area contributed by atoms with E-state index in [4.69, 9.17) is 20.8 Å². The molecule has 0 aliphatic rings. The van der Waals surface area contributed by atoms with E-state index in [1.165, 1.54) is 0 Å². The minimum atomic E-state index is -0.188. The van der Waals surface area contributed by atoms with Crippen LogP contribution in [0.25, 0.3) is 11.5 Å². The molecule has 8 heteroatoms. The average Bonchev–Trinajstić information content (AvgIpc) is 3.11. The highest BCUT2D eigenvalue weighted by atomic mass is 35.5. The maximum atomic E-state index is 12.0. The lowest BCUT2D eigenvalue weighted by Crippen LogP contribution is -2.12. The van der Waals surface area contributed by atoms with E-state index in [0.29, 0.717) is 28.7 Å². The molecule has 1 amide bonds. The first-order chi connectivity index (χ1) is 12.6. The Morgan fingerprint density at radius 2 is 2.04 bits per heavy atom. The number of carbonyl (C=O) groups is 1. The molecule has 0 aliphatic heterocycles. The van der Waals surface area contributed by atoms with E-state index in [2.05, 4.69) is 15.5 Å². The monoisotopic (exact) mass is 389 g/mol. The summed E-state index contributed by atoms with van der Waals surface area (Å²) in [5.41, 5.74) is 0.695. The van der Waals surface area contributed by atoms with E-state index in [0.717, 1.165) is 10.6 Å². The lowest BCUT2D eigenvalue weighted by molar-refractivity contribution is -0.115. The van der Waals surface area contributed by atoms with Crippen molar-refractivity contribution in [3.05, 3.63) is 53.6 Å². The van der Waals surface area contributed by atoms with Gasteiger partial charge in [0.05, 0.1) is 7.11 Å². The summed E-state index contributed by atoms with van der Waals surface area (Å²) in [4.78, 5) is 13.1. The van der Waals surface area contributed by atoms with Crippen molar-refractivity contribution in [2.45, 2.75) is 11.3 Å². The van der Waals surface area contributed by atoms with Crippen molar-refractivity contribution in [3.63, 3.8) is 0 Å². The van der Waals surface area contributed by atoms with Crippen molar-refractivity contribution in [2.24, 2.45) is 0 Å². The van der Waals surface area contributed by atoms with Gasteiger partial charge in [-0.3, -0.25) is 10.1 Å². The third-order valence-electron chi connectivity index (χ3n) is 3.40. The number of hydrogen-bond acceptors (Lipinski definition) is 6. The number of ether oxygens (including phenoxy) is 1. The molecule has 3 rings (SSSR count). The van der Waals surface area contributed by atoms with E-state index >= 15 is 0 Å². The molecule has 1 heterocycles. The van der Waals surface area contributed by atoms with Crippen LogP contribution in [0.15, 0.2) is 57.8 Å². The quantitative estimate of drug-likeness (QED) is 0.598. The van der Waals surface area contributed by atoms with Gasteiger partial charge >= 0.3 is 6.01 Å².